The summed E-state index contributed by atoms with van der Waals surface area (Å²) in [6.45, 7) is 10.6. The van der Waals surface area contributed by atoms with Crippen molar-refractivity contribution >= 4 is 29.9 Å². The average molecular weight is 504 g/mol. The number of halogens is 1. The third-order valence-corrected chi connectivity index (χ3v) is 4.92. The lowest BCUT2D eigenvalue weighted by Gasteiger charge is -2.30. The van der Waals surface area contributed by atoms with Crippen LogP contribution in [0.5, 0.6) is 11.5 Å². The number of benzene rings is 1. The van der Waals surface area contributed by atoms with Crippen LogP contribution in [0.1, 0.15) is 45.2 Å². The standard InChI is InChI=1S/C21H36N4O2.HI/c1-6-26-19-11-10-18(13-20(19)27-7-2)16(3)24-21(22-4)23-14-17-9-8-12-25(5)15-17;/h10-11,13,16-17H,6-9,12,14-15H2,1-5H3,(H2,22,23,24);1H. The van der Waals surface area contributed by atoms with E-state index in [0.717, 1.165) is 36.1 Å². The summed E-state index contributed by atoms with van der Waals surface area (Å²) in [7, 11) is 4.02. The molecule has 2 unspecified atom stereocenters. The molecule has 28 heavy (non-hydrogen) atoms. The number of likely N-dealkylation sites (tertiary alicyclic amines) is 1. The van der Waals surface area contributed by atoms with E-state index < -0.39 is 0 Å². The number of piperidine rings is 1. The van der Waals surface area contributed by atoms with Crippen molar-refractivity contribution in [1.29, 1.82) is 0 Å². The summed E-state index contributed by atoms with van der Waals surface area (Å²) in [6, 6.07) is 6.22. The molecule has 1 aromatic rings. The molecule has 1 heterocycles. The Morgan fingerprint density at radius 1 is 1.25 bits per heavy atom. The normalized spacial score (nSPS) is 18.8. The van der Waals surface area contributed by atoms with Crippen molar-refractivity contribution in [2.45, 2.75) is 39.7 Å². The molecule has 6 nitrogen and oxygen atoms in total. The van der Waals surface area contributed by atoms with Gasteiger partial charge in [-0.25, -0.2) is 0 Å². The zero-order chi connectivity index (χ0) is 19.6. The maximum absolute atomic E-state index is 5.75. The molecule has 2 N–H and O–H groups in total. The summed E-state index contributed by atoms with van der Waals surface area (Å²) in [5, 5.41) is 6.97. The molecule has 1 aromatic carbocycles. The summed E-state index contributed by atoms with van der Waals surface area (Å²) in [6.07, 6.45) is 2.55. The van der Waals surface area contributed by atoms with Crippen LogP contribution in [0.2, 0.25) is 0 Å². The molecule has 1 aliphatic heterocycles. The van der Waals surface area contributed by atoms with Gasteiger partial charge in [-0.2, -0.15) is 0 Å². The lowest BCUT2D eigenvalue weighted by molar-refractivity contribution is 0.210. The van der Waals surface area contributed by atoms with Gasteiger partial charge in [0, 0.05) is 20.1 Å². The van der Waals surface area contributed by atoms with E-state index in [-0.39, 0.29) is 30.0 Å². The highest BCUT2D eigenvalue weighted by Gasteiger charge is 2.18. The second-order valence-corrected chi connectivity index (χ2v) is 7.16. The summed E-state index contributed by atoms with van der Waals surface area (Å²) in [5.74, 6) is 3.09. The van der Waals surface area contributed by atoms with Gasteiger partial charge in [-0.1, -0.05) is 6.07 Å². The monoisotopic (exact) mass is 504 g/mol. The zero-order valence-corrected chi connectivity index (χ0v) is 20.3. The third kappa shape index (κ3) is 7.66. The Balaban J connectivity index is 0.00000392. The van der Waals surface area contributed by atoms with E-state index in [1.165, 1.54) is 19.4 Å². The van der Waals surface area contributed by atoms with Gasteiger partial charge in [-0.05, 0) is 70.8 Å². The highest BCUT2D eigenvalue weighted by atomic mass is 127. The molecule has 2 rings (SSSR count). The highest BCUT2D eigenvalue weighted by Crippen LogP contribution is 2.30. The molecular weight excluding hydrogens is 467 g/mol. The first-order valence-electron chi connectivity index (χ1n) is 10.1. The fourth-order valence-electron chi connectivity index (χ4n) is 3.50. The number of aliphatic imine (C=N–C) groups is 1. The SMILES string of the molecule is CCOc1ccc(C(C)NC(=NC)NCC2CCCN(C)C2)cc1OCC.I. The van der Waals surface area contributed by atoms with Gasteiger partial charge < -0.3 is 25.0 Å². The highest BCUT2D eigenvalue weighted by molar-refractivity contribution is 14.0. The second-order valence-electron chi connectivity index (χ2n) is 7.16. The van der Waals surface area contributed by atoms with E-state index >= 15 is 0 Å². The third-order valence-electron chi connectivity index (χ3n) is 4.92. The second kappa shape index (κ2) is 13.1. The zero-order valence-electron chi connectivity index (χ0n) is 18.0. The smallest absolute Gasteiger partial charge is 0.191 e. The number of guanidine groups is 1. The van der Waals surface area contributed by atoms with Gasteiger partial charge in [0.05, 0.1) is 19.3 Å². The first-order valence-corrected chi connectivity index (χ1v) is 10.1. The maximum atomic E-state index is 5.75. The molecule has 160 valence electrons. The minimum Gasteiger partial charge on any atom is -0.490 e. The van der Waals surface area contributed by atoms with Gasteiger partial charge in [0.25, 0.3) is 0 Å². The molecule has 1 saturated heterocycles. The van der Waals surface area contributed by atoms with Crippen LogP contribution in [0.4, 0.5) is 0 Å². The van der Waals surface area contributed by atoms with Crippen molar-refractivity contribution < 1.29 is 9.47 Å². The molecule has 0 spiro atoms. The largest absolute Gasteiger partial charge is 0.490 e. The van der Waals surface area contributed by atoms with Gasteiger partial charge in [0.2, 0.25) is 0 Å². The molecular formula is C21H37IN4O2. The van der Waals surface area contributed by atoms with E-state index in [9.17, 15) is 0 Å². The number of ether oxygens (including phenoxy) is 2. The van der Waals surface area contributed by atoms with Crippen LogP contribution in [-0.4, -0.2) is 57.8 Å². The Morgan fingerprint density at radius 3 is 2.61 bits per heavy atom. The van der Waals surface area contributed by atoms with Crippen molar-refractivity contribution in [2.24, 2.45) is 10.9 Å². The molecule has 0 saturated carbocycles. The van der Waals surface area contributed by atoms with Crippen LogP contribution in [0.3, 0.4) is 0 Å². The minimum atomic E-state index is 0. The Morgan fingerprint density at radius 2 is 1.96 bits per heavy atom. The topological polar surface area (TPSA) is 58.1 Å². The first-order chi connectivity index (χ1) is 13.1. The fraction of sp³-hybridized carbons (Fsp3) is 0.667. The number of nitrogens with one attached hydrogen (secondary N) is 2. The summed E-state index contributed by atoms with van der Waals surface area (Å²) >= 11 is 0. The van der Waals surface area contributed by atoms with Crippen LogP contribution in [-0.2, 0) is 0 Å². The van der Waals surface area contributed by atoms with Crippen molar-refractivity contribution in [2.75, 3.05) is 46.9 Å². The predicted octanol–water partition coefficient (Wildman–Crippen LogP) is 3.67. The van der Waals surface area contributed by atoms with Crippen molar-refractivity contribution in [3.8, 4) is 11.5 Å². The van der Waals surface area contributed by atoms with E-state index in [0.29, 0.717) is 19.1 Å². The molecule has 2 atom stereocenters. The Kier molecular flexibility index (Phi) is 11.6. The molecule has 7 heteroatoms. The Bertz CT molecular complexity index is 612. The molecule has 0 amide bonds. The van der Waals surface area contributed by atoms with Crippen molar-refractivity contribution in [1.82, 2.24) is 15.5 Å². The van der Waals surface area contributed by atoms with Crippen molar-refractivity contribution in [3.63, 3.8) is 0 Å². The van der Waals surface area contributed by atoms with Gasteiger partial charge >= 0.3 is 0 Å². The number of rotatable bonds is 8. The predicted molar refractivity (Wildman–Crippen MR) is 127 cm³/mol. The molecule has 1 fully saturated rings. The van der Waals surface area contributed by atoms with Gasteiger partial charge in [0.15, 0.2) is 17.5 Å². The van der Waals surface area contributed by atoms with E-state index in [1.807, 2.05) is 27.0 Å². The minimum absolute atomic E-state index is 0. The Hall–Kier alpha value is -1.22. The molecule has 1 aliphatic rings. The maximum Gasteiger partial charge on any atom is 0.191 e. The quantitative estimate of drug-likeness (QED) is 0.322. The van der Waals surface area contributed by atoms with Crippen LogP contribution in [0.15, 0.2) is 23.2 Å². The molecule has 0 aliphatic carbocycles. The molecule has 0 aromatic heterocycles. The summed E-state index contributed by atoms with van der Waals surface area (Å²) in [4.78, 5) is 6.79. The van der Waals surface area contributed by atoms with Gasteiger partial charge in [-0.15, -0.1) is 24.0 Å². The van der Waals surface area contributed by atoms with Crippen LogP contribution < -0.4 is 20.1 Å². The summed E-state index contributed by atoms with van der Waals surface area (Å²) < 4.78 is 11.4. The van der Waals surface area contributed by atoms with E-state index in [2.05, 4.69) is 46.6 Å². The van der Waals surface area contributed by atoms with E-state index in [1.54, 1.807) is 0 Å². The molecule has 0 radical (unpaired) electrons. The lowest BCUT2D eigenvalue weighted by atomic mass is 9.98. The van der Waals surface area contributed by atoms with Crippen molar-refractivity contribution in [3.05, 3.63) is 23.8 Å². The number of nitrogens with zero attached hydrogens (tertiary/aromatic N) is 2. The Labute approximate surface area is 187 Å². The van der Waals surface area contributed by atoms with Crippen LogP contribution in [0.25, 0.3) is 0 Å². The molecule has 0 bridgehead atoms. The lowest BCUT2D eigenvalue weighted by Crippen LogP contribution is -2.44. The first kappa shape index (κ1) is 24.8. The van der Waals surface area contributed by atoms with Gasteiger partial charge in [0.1, 0.15) is 0 Å². The fourth-order valence-corrected chi connectivity index (χ4v) is 3.50. The van der Waals surface area contributed by atoms with Crippen LogP contribution in [0, 0.1) is 5.92 Å². The average Bonchev–Trinajstić information content (AvgIpc) is 2.66. The van der Waals surface area contributed by atoms with E-state index in [4.69, 9.17) is 9.47 Å². The van der Waals surface area contributed by atoms with Gasteiger partial charge in [-0.3, -0.25) is 4.99 Å². The number of hydrogen-bond donors (Lipinski definition) is 2. The number of hydrogen-bond acceptors (Lipinski definition) is 4. The van der Waals surface area contributed by atoms with Crippen LogP contribution >= 0.6 is 24.0 Å². The summed E-state index contributed by atoms with van der Waals surface area (Å²) in [5.41, 5.74) is 1.14.